The lowest BCUT2D eigenvalue weighted by Gasteiger charge is -2.17. The SMILES string of the molecule is Cc1ccnc(N)c1C(O)c1cc(Cl)ccc1Cl. The summed E-state index contributed by atoms with van der Waals surface area (Å²) in [6, 6.07) is 6.72. The molecule has 2 rings (SSSR count). The van der Waals surface area contributed by atoms with Crippen molar-refractivity contribution >= 4 is 29.0 Å². The van der Waals surface area contributed by atoms with Gasteiger partial charge in [-0.15, -0.1) is 0 Å². The highest BCUT2D eigenvalue weighted by molar-refractivity contribution is 6.33. The molecule has 0 saturated heterocycles. The number of pyridine rings is 1. The Hall–Kier alpha value is -1.29. The van der Waals surface area contributed by atoms with Gasteiger partial charge in [0.05, 0.1) is 0 Å². The molecule has 0 aliphatic heterocycles. The third-order valence-electron chi connectivity index (χ3n) is 2.77. The molecule has 3 nitrogen and oxygen atoms in total. The van der Waals surface area contributed by atoms with Crippen molar-refractivity contribution in [2.24, 2.45) is 0 Å². The van der Waals surface area contributed by atoms with E-state index in [0.717, 1.165) is 5.56 Å². The lowest BCUT2D eigenvalue weighted by molar-refractivity contribution is 0.220. The van der Waals surface area contributed by atoms with Gasteiger partial charge in [-0.2, -0.15) is 0 Å². The molecule has 0 aliphatic carbocycles. The predicted molar refractivity (Wildman–Crippen MR) is 73.9 cm³/mol. The Morgan fingerprint density at radius 1 is 1.28 bits per heavy atom. The first kappa shape index (κ1) is 13.1. The topological polar surface area (TPSA) is 59.1 Å². The first-order valence-electron chi connectivity index (χ1n) is 5.34. The van der Waals surface area contributed by atoms with Gasteiger partial charge in [-0.1, -0.05) is 23.2 Å². The van der Waals surface area contributed by atoms with Crippen molar-refractivity contribution in [3.8, 4) is 0 Å². The quantitative estimate of drug-likeness (QED) is 0.888. The fourth-order valence-electron chi connectivity index (χ4n) is 1.83. The molecule has 1 atom stereocenters. The average Bonchev–Trinajstić information content (AvgIpc) is 2.32. The molecule has 0 amide bonds. The number of hydrogen-bond donors (Lipinski definition) is 2. The summed E-state index contributed by atoms with van der Waals surface area (Å²) in [5.41, 5.74) is 7.73. The molecule has 0 bridgehead atoms. The van der Waals surface area contributed by atoms with E-state index in [1.54, 1.807) is 30.5 Å². The lowest BCUT2D eigenvalue weighted by Crippen LogP contribution is -2.08. The van der Waals surface area contributed by atoms with E-state index in [1.807, 2.05) is 6.92 Å². The number of nitrogens with two attached hydrogens (primary N) is 1. The molecule has 0 fully saturated rings. The van der Waals surface area contributed by atoms with Crippen molar-refractivity contribution < 1.29 is 5.11 Å². The maximum Gasteiger partial charge on any atom is 0.129 e. The molecule has 5 heteroatoms. The summed E-state index contributed by atoms with van der Waals surface area (Å²) in [7, 11) is 0. The first-order valence-corrected chi connectivity index (χ1v) is 6.10. The van der Waals surface area contributed by atoms with Crippen LogP contribution in [0.5, 0.6) is 0 Å². The summed E-state index contributed by atoms with van der Waals surface area (Å²) < 4.78 is 0. The zero-order valence-electron chi connectivity index (χ0n) is 9.69. The molecule has 0 radical (unpaired) electrons. The number of nitrogen functional groups attached to an aromatic ring is 1. The van der Waals surface area contributed by atoms with Gasteiger partial charge < -0.3 is 10.8 Å². The Bertz CT molecular complexity index is 567. The molecule has 0 aliphatic rings. The van der Waals surface area contributed by atoms with Crippen molar-refractivity contribution in [1.29, 1.82) is 0 Å². The molecule has 3 N–H and O–H groups in total. The average molecular weight is 283 g/mol. The molecule has 0 spiro atoms. The fourth-order valence-corrected chi connectivity index (χ4v) is 2.23. The maximum atomic E-state index is 10.4. The summed E-state index contributed by atoms with van der Waals surface area (Å²) in [6.45, 7) is 1.86. The molecule has 1 aromatic carbocycles. The normalized spacial score (nSPS) is 12.4. The van der Waals surface area contributed by atoms with Crippen LogP contribution in [0.4, 0.5) is 5.82 Å². The molecule has 0 saturated carbocycles. The Labute approximate surface area is 115 Å². The molecule has 94 valence electrons. The summed E-state index contributed by atoms with van der Waals surface area (Å²) in [4.78, 5) is 3.98. The second-order valence-corrected chi connectivity index (χ2v) is 4.84. The third kappa shape index (κ3) is 2.43. The number of aliphatic hydroxyl groups excluding tert-OH is 1. The highest BCUT2D eigenvalue weighted by Gasteiger charge is 2.19. The number of aryl methyl sites for hydroxylation is 1. The van der Waals surface area contributed by atoms with Gasteiger partial charge in [-0.25, -0.2) is 4.98 Å². The minimum absolute atomic E-state index is 0.290. The van der Waals surface area contributed by atoms with Gasteiger partial charge in [0.15, 0.2) is 0 Å². The van der Waals surface area contributed by atoms with Gasteiger partial charge in [0.25, 0.3) is 0 Å². The van der Waals surface area contributed by atoms with Crippen LogP contribution in [0, 0.1) is 6.92 Å². The highest BCUT2D eigenvalue weighted by Crippen LogP contribution is 2.33. The Balaban J connectivity index is 2.54. The van der Waals surface area contributed by atoms with E-state index >= 15 is 0 Å². The largest absolute Gasteiger partial charge is 0.383 e. The lowest BCUT2D eigenvalue weighted by atomic mass is 9.98. The smallest absolute Gasteiger partial charge is 0.129 e. The van der Waals surface area contributed by atoms with E-state index < -0.39 is 6.10 Å². The van der Waals surface area contributed by atoms with Gasteiger partial charge in [0.1, 0.15) is 11.9 Å². The molecule has 1 unspecified atom stereocenters. The van der Waals surface area contributed by atoms with Crippen LogP contribution in [0.3, 0.4) is 0 Å². The van der Waals surface area contributed by atoms with E-state index in [9.17, 15) is 5.11 Å². The van der Waals surface area contributed by atoms with Crippen LogP contribution in [0.1, 0.15) is 22.8 Å². The zero-order valence-corrected chi connectivity index (χ0v) is 11.2. The van der Waals surface area contributed by atoms with Crippen molar-refractivity contribution in [3.63, 3.8) is 0 Å². The van der Waals surface area contributed by atoms with Crippen LogP contribution in [0.15, 0.2) is 30.5 Å². The number of hydrogen-bond acceptors (Lipinski definition) is 3. The number of halogens is 2. The van der Waals surface area contributed by atoms with Crippen LogP contribution >= 0.6 is 23.2 Å². The van der Waals surface area contributed by atoms with Crippen LogP contribution in [-0.2, 0) is 0 Å². The molecular formula is C13H12Cl2N2O. The maximum absolute atomic E-state index is 10.4. The van der Waals surface area contributed by atoms with Gasteiger partial charge >= 0.3 is 0 Å². The van der Waals surface area contributed by atoms with Crippen LogP contribution in [0.25, 0.3) is 0 Å². The minimum atomic E-state index is -0.940. The second kappa shape index (κ2) is 5.14. The molecular weight excluding hydrogens is 271 g/mol. The molecule has 1 aromatic heterocycles. The zero-order chi connectivity index (χ0) is 13.3. The molecule has 18 heavy (non-hydrogen) atoms. The van der Waals surface area contributed by atoms with E-state index in [0.29, 0.717) is 27.0 Å². The van der Waals surface area contributed by atoms with Gasteiger partial charge in [-0.05, 0) is 36.8 Å². The standard InChI is InChI=1S/C13H12Cl2N2O/c1-7-4-5-17-13(16)11(7)12(18)9-6-8(14)2-3-10(9)15/h2-6,12,18H,1H3,(H2,16,17). The van der Waals surface area contributed by atoms with Crippen molar-refractivity contribution in [2.75, 3.05) is 5.73 Å². The van der Waals surface area contributed by atoms with Crippen LogP contribution in [-0.4, -0.2) is 10.1 Å². The van der Waals surface area contributed by atoms with E-state index in [1.165, 1.54) is 0 Å². The highest BCUT2D eigenvalue weighted by atomic mass is 35.5. The van der Waals surface area contributed by atoms with E-state index in [-0.39, 0.29) is 0 Å². The minimum Gasteiger partial charge on any atom is -0.383 e. The number of anilines is 1. The molecule has 2 aromatic rings. The monoisotopic (exact) mass is 282 g/mol. The first-order chi connectivity index (χ1) is 8.50. The van der Waals surface area contributed by atoms with Crippen molar-refractivity contribution in [1.82, 2.24) is 4.98 Å². The van der Waals surface area contributed by atoms with Crippen molar-refractivity contribution in [2.45, 2.75) is 13.0 Å². The summed E-state index contributed by atoms with van der Waals surface area (Å²) in [5.74, 6) is 0.290. The Kier molecular flexibility index (Phi) is 3.76. The van der Waals surface area contributed by atoms with Gasteiger partial charge in [0, 0.05) is 27.4 Å². The third-order valence-corrected chi connectivity index (χ3v) is 3.34. The van der Waals surface area contributed by atoms with E-state index in [2.05, 4.69) is 4.98 Å². The summed E-state index contributed by atoms with van der Waals surface area (Å²) in [5, 5.41) is 11.3. The summed E-state index contributed by atoms with van der Waals surface area (Å²) in [6.07, 6.45) is 0.658. The Morgan fingerprint density at radius 3 is 2.67 bits per heavy atom. The van der Waals surface area contributed by atoms with Gasteiger partial charge in [0.2, 0.25) is 0 Å². The Morgan fingerprint density at radius 2 is 2.00 bits per heavy atom. The van der Waals surface area contributed by atoms with Crippen LogP contribution in [0.2, 0.25) is 10.0 Å². The number of benzene rings is 1. The van der Waals surface area contributed by atoms with Gasteiger partial charge in [-0.3, -0.25) is 0 Å². The van der Waals surface area contributed by atoms with Crippen LogP contribution < -0.4 is 5.73 Å². The van der Waals surface area contributed by atoms with E-state index in [4.69, 9.17) is 28.9 Å². The molecule has 1 heterocycles. The fraction of sp³-hybridized carbons (Fsp3) is 0.154. The van der Waals surface area contributed by atoms with Crippen molar-refractivity contribution in [3.05, 3.63) is 57.2 Å². The summed E-state index contributed by atoms with van der Waals surface area (Å²) >= 11 is 12.0. The number of aromatic nitrogens is 1. The predicted octanol–water partition coefficient (Wildman–Crippen LogP) is 3.36. The second-order valence-electron chi connectivity index (χ2n) is 4.00. The number of nitrogens with zero attached hydrogens (tertiary/aromatic N) is 1. The number of aliphatic hydroxyl groups is 1. The number of rotatable bonds is 2.